The zero-order valence-corrected chi connectivity index (χ0v) is 17.3. The van der Waals surface area contributed by atoms with Crippen LogP contribution in [-0.2, 0) is 4.79 Å². The van der Waals surface area contributed by atoms with Crippen molar-refractivity contribution in [1.82, 2.24) is 5.43 Å². The maximum atomic E-state index is 14.7. The van der Waals surface area contributed by atoms with Crippen molar-refractivity contribution in [2.45, 2.75) is 13.8 Å². The van der Waals surface area contributed by atoms with Crippen molar-refractivity contribution in [2.24, 2.45) is 5.10 Å². The Hall–Kier alpha value is -3.00. The van der Waals surface area contributed by atoms with Gasteiger partial charge in [-0.25, -0.2) is 14.2 Å². The van der Waals surface area contributed by atoms with E-state index in [0.29, 0.717) is 17.0 Å². The predicted octanol–water partition coefficient (Wildman–Crippen LogP) is 1.61. The van der Waals surface area contributed by atoms with Crippen molar-refractivity contribution < 1.29 is 23.2 Å². The van der Waals surface area contributed by atoms with Crippen LogP contribution in [0.15, 0.2) is 47.6 Å². The molecule has 1 aliphatic rings. The van der Waals surface area contributed by atoms with Crippen LogP contribution in [0.3, 0.4) is 0 Å². The number of likely N-dealkylation sites (N-methyl/N-ethyl adjacent to an activating group) is 1. The second-order valence-electron chi connectivity index (χ2n) is 7.21. The summed E-state index contributed by atoms with van der Waals surface area (Å²) in [4.78, 5) is 15.5. The molecule has 8 heteroatoms. The van der Waals surface area contributed by atoms with Gasteiger partial charge in [-0.2, -0.15) is 5.10 Å². The molecule has 30 heavy (non-hydrogen) atoms. The molecule has 0 unspecified atom stereocenters. The van der Waals surface area contributed by atoms with Crippen LogP contribution in [-0.4, -0.2) is 50.9 Å². The summed E-state index contributed by atoms with van der Waals surface area (Å²) in [7, 11) is 0. The first kappa shape index (κ1) is 21.7. The molecule has 3 rings (SSSR count). The molecule has 0 aliphatic carbocycles. The Morgan fingerprint density at radius 1 is 1.17 bits per heavy atom. The van der Waals surface area contributed by atoms with Gasteiger partial charge in [0.2, 0.25) is 0 Å². The summed E-state index contributed by atoms with van der Waals surface area (Å²) in [5, 5.41) is 3.99. The highest BCUT2D eigenvalue weighted by Crippen LogP contribution is 2.21. The van der Waals surface area contributed by atoms with Gasteiger partial charge in [-0.1, -0.05) is 18.2 Å². The second kappa shape index (κ2) is 10.2. The number of piperazine rings is 1. The van der Waals surface area contributed by atoms with Crippen LogP contribution in [0.5, 0.6) is 5.75 Å². The number of halogens is 2. The Labute approximate surface area is 175 Å². The summed E-state index contributed by atoms with van der Waals surface area (Å²) in [6.07, 6.45) is 0. The second-order valence-corrected chi connectivity index (χ2v) is 7.21. The monoisotopic (exact) mass is 417 g/mol. The van der Waals surface area contributed by atoms with E-state index in [2.05, 4.69) is 22.4 Å². The molecular weight excluding hydrogens is 390 g/mol. The molecular formula is C22H27F2N4O2+. The molecule has 0 saturated carbocycles. The number of carbonyl (C=O) groups excluding carboxylic acids is 1. The Morgan fingerprint density at radius 2 is 1.90 bits per heavy atom. The summed E-state index contributed by atoms with van der Waals surface area (Å²) >= 11 is 0. The zero-order chi connectivity index (χ0) is 21.5. The molecule has 0 radical (unpaired) electrons. The standard InChI is InChI=1S/C22H26F2N4O2/c1-3-27-10-12-28(13-11-27)20-9-8-17(14-19(20)24)16(2)25-26-22(29)15-30-21-7-5-4-6-18(21)23/h4-9,14H,3,10-13,15H2,1-2H3,(H,26,29)/p+1/b25-16-. The van der Waals surface area contributed by atoms with Crippen LogP contribution < -0.4 is 20.0 Å². The normalized spacial score (nSPS) is 15.2. The van der Waals surface area contributed by atoms with E-state index in [0.717, 1.165) is 32.7 Å². The molecule has 160 valence electrons. The number of benzene rings is 2. The fraction of sp³-hybridized carbons (Fsp3) is 0.364. The number of hydrogen-bond acceptors (Lipinski definition) is 4. The largest absolute Gasteiger partial charge is 0.481 e. The van der Waals surface area contributed by atoms with Gasteiger partial charge in [-0.05, 0) is 38.1 Å². The van der Waals surface area contributed by atoms with Crippen LogP contribution in [0, 0.1) is 11.6 Å². The summed E-state index contributed by atoms with van der Waals surface area (Å²) in [5.74, 6) is -1.40. The van der Waals surface area contributed by atoms with Crippen molar-refractivity contribution in [2.75, 3.05) is 44.2 Å². The number of rotatable bonds is 7. The van der Waals surface area contributed by atoms with Crippen molar-refractivity contribution >= 4 is 17.3 Å². The molecule has 2 N–H and O–H groups in total. The molecule has 2 aromatic rings. The van der Waals surface area contributed by atoms with Gasteiger partial charge in [0.05, 0.1) is 44.1 Å². The number of quaternary nitrogens is 1. The molecule has 0 bridgehead atoms. The van der Waals surface area contributed by atoms with Crippen LogP contribution in [0.25, 0.3) is 0 Å². The fourth-order valence-corrected chi connectivity index (χ4v) is 3.35. The smallest absolute Gasteiger partial charge is 0.277 e. The molecule has 0 spiro atoms. The maximum absolute atomic E-state index is 14.7. The Bertz CT molecular complexity index is 912. The van der Waals surface area contributed by atoms with E-state index in [-0.39, 0.29) is 18.2 Å². The molecule has 1 amide bonds. The van der Waals surface area contributed by atoms with Gasteiger partial charge in [-0.3, -0.25) is 4.79 Å². The molecule has 6 nitrogen and oxygen atoms in total. The minimum atomic E-state index is -0.543. The van der Waals surface area contributed by atoms with Gasteiger partial charge in [0, 0.05) is 5.56 Å². The number of anilines is 1. The lowest BCUT2D eigenvalue weighted by Crippen LogP contribution is -3.14. The van der Waals surface area contributed by atoms with Crippen LogP contribution in [0.1, 0.15) is 19.4 Å². The van der Waals surface area contributed by atoms with Crippen molar-refractivity contribution in [3.05, 3.63) is 59.7 Å². The first-order chi connectivity index (χ1) is 14.5. The van der Waals surface area contributed by atoms with E-state index in [9.17, 15) is 13.6 Å². The van der Waals surface area contributed by atoms with Gasteiger partial charge >= 0.3 is 0 Å². The summed E-state index contributed by atoms with van der Waals surface area (Å²) in [5.41, 5.74) is 3.96. The number of para-hydroxylation sites is 1. The van der Waals surface area contributed by atoms with E-state index in [1.54, 1.807) is 25.1 Å². The molecule has 0 aromatic heterocycles. The highest BCUT2D eigenvalue weighted by atomic mass is 19.1. The Kier molecular flexibility index (Phi) is 7.35. The van der Waals surface area contributed by atoms with Crippen molar-refractivity contribution in [3.8, 4) is 5.75 Å². The van der Waals surface area contributed by atoms with E-state index >= 15 is 0 Å². The summed E-state index contributed by atoms with van der Waals surface area (Å²) in [6.45, 7) is 8.19. The lowest BCUT2D eigenvalue weighted by Gasteiger charge is -2.33. The minimum Gasteiger partial charge on any atom is -0.481 e. The van der Waals surface area contributed by atoms with Crippen LogP contribution in [0.4, 0.5) is 14.5 Å². The van der Waals surface area contributed by atoms with E-state index < -0.39 is 11.7 Å². The van der Waals surface area contributed by atoms with Crippen molar-refractivity contribution in [3.63, 3.8) is 0 Å². The number of nitrogens with one attached hydrogen (secondary N) is 2. The topological polar surface area (TPSA) is 58.4 Å². The minimum absolute atomic E-state index is 0.00705. The fourth-order valence-electron chi connectivity index (χ4n) is 3.35. The van der Waals surface area contributed by atoms with Gasteiger partial charge < -0.3 is 14.5 Å². The van der Waals surface area contributed by atoms with Crippen LogP contribution >= 0.6 is 0 Å². The lowest BCUT2D eigenvalue weighted by molar-refractivity contribution is -0.898. The quantitative estimate of drug-likeness (QED) is 0.532. The predicted molar refractivity (Wildman–Crippen MR) is 112 cm³/mol. The van der Waals surface area contributed by atoms with E-state index in [1.165, 1.54) is 29.2 Å². The van der Waals surface area contributed by atoms with Gasteiger partial charge in [0.1, 0.15) is 5.82 Å². The van der Waals surface area contributed by atoms with Gasteiger partial charge in [-0.15, -0.1) is 0 Å². The Balaban J connectivity index is 1.56. The molecule has 0 atom stereocenters. The average molecular weight is 417 g/mol. The van der Waals surface area contributed by atoms with Crippen LogP contribution in [0.2, 0.25) is 0 Å². The first-order valence-corrected chi connectivity index (χ1v) is 10.1. The number of amides is 1. The summed E-state index contributed by atoms with van der Waals surface area (Å²) in [6, 6.07) is 10.8. The van der Waals surface area contributed by atoms with Crippen molar-refractivity contribution in [1.29, 1.82) is 0 Å². The third-order valence-corrected chi connectivity index (χ3v) is 5.22. The molecule has 1 aliphatic heterocycles. The number of hydrogen-bond donors (Lipinski definition) is 2. The first-order valence-electron chi connectivity index (χ1n) is 10.1. The van der Waals surface area contributed by atoms with Gasteiger partial charge in [0.25, 0.3) is 5.91 Å². The maximum Gasteiger partial charge on any atom is 0.277 e. The number of carbonyl (C=O) groups is 1. The average Bonchev–Trinajstić information content (AvgIpc) is 2.77. The summed E-state index contributed by atoms with van der Waals surface area (Å²) < 4.78 is 33.3. The highest BCUT2D eigenvalue weighted by molar-refractivity contribution is 5.99. The van der Waals surface area contributed by atoms with E-state index in [4.69, 9.17) is 4.74 Å². The van der Waals surface area contributed by atoms with E-state index in [1.807, 2.05) is 0 Å². The molecule has 1 heterocycles. The third kappa shape index (κ3) is 5.54. The number of nitrogens with zero attached hydrogens (tertiary/aromatic N) is 2. The highest BCUT2D eigenvalue weighted by Gasteiger charge is 2.21. The number of ether oxygens (including phenoxy) is 1. The number of hydrazone groups is 1. The third-order valence-electron chi connectivity index (χ3n) is 5.22. The zero-order valence-electron chi connectivity index (χ0n) is 17.3. The Morgan fingerprint density at radius 3 is 2.57 bits per heavy atom. The molecule has 1 saturated heterocycles. The molecule has 1 fully saturated rings. The molecule has 2 aromatic carbocycles. The SMILES string of the molecule is CC[NH+]1CCN(c2ccc(/C(C)=N\NC(=O)COc3ccccc3F)cc2F)CC1. The lowest BCUT2D eigenvalue weighted by atomic mass is 10.1. The van der Waals surface area contributed by atoms with Gasteiger partial charge in [0.15, 0.2) is 18.2 Å².